The number of likely N-dealkylation sites (tertiary alicyclic amines) is 3. The van der Waals surface area contributed by atoms with Gasteiger partial charge in [0, 0.05) is 79.0 Å². The maximum Gasteiger partial charge on any atom is 0.335 e. The van der Waals surface area contributed by atoms with E-state index < -0.39 is 5.97 Å². The molecule has 11 aromatic rings. The smallest absolute Gasteiger partial charge is 0.335 e. The number of aromatic nitrogens is 9. The largest absolute Gasteiger partial charge is 0.508 e. The van der Waals surface area contributed by atoms with E-state index in [4.69, 9.17) is 14.9 Å². The molecule has 5 aromatic carbocycles. The number of amides is 2. The number of carboxylic acid groups (broad SMARTS) is 1. The lowest BCUT2D eigenvalue weighted by molar-refractivity contribution is 0.0652. The van der Waals surface area contributed by atoms with Crippen LogP contribution in [0.1, 0.15) is 69.6 Å². The van der Waals surface area contributed by atoms with Crippen molar-refractivity contribution in [2.75, 3.05) is 97.5 Å². The van der Waals surface area contributed by atoms with E-state index in [1.54, 1.807) is 56.1 Å². The van der Waals surface area contributed by atoms with Crippen molar-refractivity contribution in [1.82, 2.24) is 73.6 Å². The molecule has 0 unspecified atom stereocenters. The number of carbonyl (C=O) groups excluding carboxylic acids is 2. The number of hydrogen-bond donors (Lipinski definition) is 6. The van der Waals surface area contributed by atoms with Crippen molar-refractivity contribution < 1.29 is 29.3 Å². The number of anilines is 6. The molecular formula is C72H82Br2N18O6. The topological polar surface area (TPSA) is 256 Å². The summed E-state index contributed by atoms with van der Waals surface area (Å²) in [5.74, 6) is 2.24. The number of aromatic hydroxyl groups is 1. The summed E-state index contributed by atoms with van der Waals surface area (Å²) in [6.07, 6.45) is 12.2. The third-order valence-electron chi connectivity index (χ3n) is 17.1. The van der Waals surface area contributed by atoms with Gasteiger partial charge in [-0.05, 0) is 271 Å². The van der Waals surface area contributed by atoms with Gasteiger partial charge >= 0.3 is 5.97 Å². The number of carbonyl (C=O) groups is 3. The molecule has 3 aliphatic heterocycles. The van der Waals surface area contributed by atoms with E-state index >= 15 is 0 Å². The molecule has 3 saturated heterocycles. The van der Waals surface area contributed by atoms with Gasteiger partial charge in [-0.2, -0.15) is 15.0 Å². The molecule has 3 aliphatic rings. The maximum atomic E-state index is 12.9. The van der Waals surface area contributed by atoms with Crippen molar-refractivity contribution in [2.45, 2.75) is 56.7 Å². The van der Waals surface area contributed by atoms with Gasteiger partial charge in [0.15, 0.2) is 22.7 Å². The van der Waals surface area contributed by atoms with Gasteiger partial charge in [0.1, 0.15) is 11.5 Å². The van der Waals surface area contributed by atoms with Gasteiger partial charge in [0.05, 0.1) is 14.5 Å². The predicted molar refractivity (Wildman–Crippen MR) is 390 cm³/mol. The van der Waals surface area contributed by atoms with E-state index in [0.29, 0.717) is 57.8 Å². The number of ether oxygens (including phenoxy) is 1. The molecule has 6 aromatic heterocycles. The first kappa shape index (κ1) is 71.0. The van der Waals surface area contributed by atoms with Gasteiger partial charge in [-0.15, -0.1) is 15.3 Å². The molecule has 3 fully saturated rings. The molecule has 24 nitrogen and oxygen atoms in total. The Morgan fingerprint density at radius 3 is 1.19 bits per heavy atom. The number of piperidine rings is 3. The fourth-order valence-electron chi connectivity index (χ4n) is 11.2. The zero-order chi connectivity index (χ0) is 69.1. The molecule has 6 N–H and O–H groups in total. The summed E-state index contributed by atoms with van der Waals surface area (Å²) >= 11 is 6.88. The summed E-state index contributed by atoms with van der Waals surface area (Å²) in [4.78, 5) is 60.7. The van der Waals surface area contributed by atoms with Crippen molar-refractivity contribution >= 4 is 101 Å². The van der Waals surface area contributed by atoms with Gasteiger partial charge < -0.3 is 60.7 Å². The summed E-state index contributed by atoms with van der Waals surface area (Å²) in [7, 11) is 12.3. The number of rotatable bonds is 14. The van der Waals surface area contributed by atoms with Crippen LogP contribution in [0.15, 0.2) is 197 Å². The highest BCUT2D eigenvalue weighted by Crippen LogP contribution is 2.28. The van der Waals surface area contributed by atoms with Gasteiger partial charge in [-0.3, -0.25) is 9.59 Å². The van der Waals surface area contributed by atoms with E-state index in [-0.39, 0.29) is 23.4 Å². The number of hydrogen-bond acceptors (Lipinski definition) is 18. The SMILES string of the molecule is CN1CCC(N(C)C(=O)c2ccc(Nc3nc4c(Br)cccn4n3)cc2)CC1.CN1CCC(N(C)C(=O)c2ccc(Nc3nc4c(Oc5ccccc5)cccn4n3)cc2)CC1.CNC1CCN(C)CC1.O=C(O)c1ccc(Nc2nc3c(Br)cccn3n2)cc1.Oc1ccccc1. The quantitative estimate of drug-likeness (QED) is 0.0591. The normalized spacial score (nSPS) is 14.7. The molecule has 0 spiro atoms. The number of aromatic carboxylic acids is 1. The van der Waals surface area contributed by atoms with Crippen molar-refractivity contribution in [3.63, 3.8) is 0 Å². The van der Waals surface area contributed by atoms with Crippen LogP contribution in [0.3, 0.4) is 0 Å². The Labute approximate surface area is 586 Å². The lowest BCUT2D eigenvalue weighted by Gasteiger charge is -2.35. The Morgan fingerprint density at radius 1 is 0.469 bits per heavy atom. The van der Waals surface area contributed by atoms with E-state index in [1.807, 2.05) is 158 Å². The Morgan fingerprint density at radius 2 is 0.827 bits per heavy atom. The molecule has 9 heterocycles. The summed E-state index contributed by atoms with van der Waals surface area (Å²) < 4.78 is 12.7. The average molecular weight is 1460 g/mol. The first-order valence-electron chi connectivity index (χ1n) is 32.4. The summed E-state index contributed by atoms with van der Waals surface area (Å²) in [5, 5.41) is 43.4. The van der Waals surface area contributed by atoms with Crippen LogP contribution in [0.4, 0.5) is 34.9 Å². The van der Waals surface area contributed by atoms with E-state index in [9.17, 15) is 14.4 Å². The second kappa shape index (κ2) is 34.4. The standard InChI is InChI=1S/C26H28N6O2.C20H23BrN6O.C13H9BrN4O2.C7H16N2.C6H6O/c1-30-17-14-21(15-18-30)31(2)25(33)19-10-12-20(13-11-19)27-26-28-24-23(9-6-16-32(24)29-26)34-22-7-4-3-5-8-22;1-25-12-9-16(10-13-25)26(2)19(28)14-5-7-15(8-6-14)22-20-23-18-17(21)4-3-11-27(18)24-20;14-10-2-1-7-18-11(10)16-13(17-18)15-9-5-3-8(4-6-9)12(19)20;1-8-7-3-5-9(2)6-4-7;7-6-4-2-1-3-5-6/h3-13,16,21H,14-15,17-18H2,1-2H3,(H,27,29);3-8,11,16H,9-10,12-13H2,1-2H3,(H,22,24);1-7H,(H,15,17)(H,19,20);7-8H,3-6H2,1-2H3;1-5,7H. The minimum Gasteiger partial charge on any atom is -0.508 e. The van der Waals surface area contributed by atoms with Crippen molar-refractivity contribution in [3.05, 3.63) is 214 Å². The molecule has 0 saturated carbocycles. The highest BCUT2D eigenvalue weighted by molar-refractivity contribution is 9.11. The minimum absolute atomic E-state index is 0.0506. The monoisotopic (exact) mass is 1450 g/mol. The van der Waals surface area contributed by atoms with Crippen LogP contribution < -0.4 is 26.0 Å². The van der Waals surface area contributed by atoms with Crippen molar-refractivity contribution in [1.29, 1.82) is 0 Å². The Kier molecular flexibility index (Phi) is 24.9. The second-order valence-electron chi connectivity index (χ2n) is 24.1. The average Bonchev–Trinajstić information content (AvgIpc) is 1.39. The lowest BCUT2D eigenvalue weighted by atomic mass is 10.0. The molecule has 98 heavy (non-hydrogen) atoms. The van der Waals surface area contributed by atoms with Gasteiger partial charge in [-0.1, -0.05) is 36.4 Å². The number of phenolic OH excluding ortho intramolecular Hbond substituents is 1. The van der Waals surface area contributed by atoms with Crippen molar-refractivity contribution in [2.24, 2.45) is 0 Å². The fourth-order valence-corrected chi connectivity index (χ4v) is 12.0. The summed E-state index contributed by atoms with van der Waals surface area (Å²) in [6, 6.07) is 52.3. The molecule has 2 amide bonds. The lowest BCUT2D eigenvalue weighted by Crippen LogP contribution is -2.44. The first-order chi connectivity index (χ1) is 47.4. The van der Waals surface area contributed by atoms with Crippen molar-refractivity contribution in [3.8, 4) is 17.2 Å². The molecule has 0 atom stereocenters. The van der Waals surface area contributed by atoms with E-state index in [0.717, 1.165) is 95.3 Å². The van der Waals surface area contributed by atoms with Crippen LogP contribution in [0.2, 0.25) is 0 Å². The van der Waals surface area contributed by atoms with Gasteiger partial charge in [0.2, 0.25) is 17.8 Å². The van der Waals surface area contributed by atoms with Crippen LogP contribution in [0, 0.1) is 0 Å². The number of phenols is 1. The highest BCUT2D eigenvalue weighted by atomic mass is 79.9. The van der Waals surface area contributed by atoms with Gasteiger partial charge in [0.25, 0.3) is 11.8 Å². The molecule has 0 bridgehead atoms. The summed E-state index contributed by atoms with van der Waals surface area (Å²) in [5.41, 5.74) is 6.04. The highest BCUT2D eigenvalue weighted by Gasteiger charge is 2.27. The second-order valence-corrected chi connectivity index (χ2v) is 25.8. The fraction of sp³-hybridized carbons (Fsp3) is 0.292. The van der Waals surface area contributed by atoms with Crippen LogP contribution in [0.25, 0.3) is 16.9 Å². The number of fused-ring (bicyclic) bond motifs is 3. The van der Waals surface area contributed by atoms with Crippen LogP contribution >= 0.6 is 31.9 Å². The number of nitrogens with zero attached hydrogens (tertiary/aromatic N) is 14. The zero-order valence-electron chi connectivity index (χ0n) is 55.7. The Bertz CT molecular complexity index is 4350. The Hall–Kier alpha value is -9.83. The molecular weight excluding hydrogens is 1370 g/mol. The molecule has 14 rings (SSSR count). The zero-order valence-corrected chi connectivity index (χ0v) is 58.8. The van der Waals surface area contributed by atoms with E-state index in [1.165, 1.54) is 38.1 Å². The van der Waals surface area contributed by atoms with Crippen LogP contribution in [-0.4, -0.2) is 196 Å². The number of halogens is 2. The minimum atomic E-state index is -0.952. The number of pyridine rings is 3. The third kappa shape index (κ3) is 19.7. The summed E-state index contributed by atoms with van der Waals surface area (Å²) in [6.45, 7) is 6.63. The van der Waals surface area contributed by atoms with Crippen LogP contribution in [0.5, 0.6) is 17.2 Å². The third-order valence-corrected chi connectivity index (χ3v) is 18.3. The first-order valence-corrected chi connectivity index (χ1v) is 34.0. The predicted octanol–water partition coefficient (Wildman–Crippen LogP) is 12.5. The van der Waals surface area contributed by atoms with Gasteiger partial charge in [-0.25, -0.2) is 18.3 Å². The Balaban J connectivity index is 0.000000146. The maximum absolute atomic E-state index is 12.9. The number of carboxylic acids is 1. The van der Waals surface area contributed by atoms with E-state index in [2.05, 4.69) is 126 Å². The molecule has 510 valence electrons. The molecule has 0 aliphatic carbocycles. The van der Waals surface area contributed by atoms with Crippen LogP contribution in [-0.2, 0) is 0 Å². The molecule has 26 heteroatoms. The molecule has 0 radical (unpaired) electrons. The number of para-hydroxylation sites is 2. The number of nitrogens with one attached hydrogen (secondary N) is 4. The number of benzene rings is 5.